The van der Waals surface area contributed by atoms with Gasteiger partial charge in [0.25, 0.3) is 5.91 Å². The van der Waals surface area contributed by atoms with Crippen molar-refractivity contribution in [1.29, 1.82) is 0 Å². The van der Waals surface area contributed by atoms with Crippen LogP contribution in [0.1, 0.15) is 21.5 Å². The molecule has 1 amide bonds. The van der Waals surface area contributed by atoms with E-state index in [2.05, 4.69) is 10.3 Å². The van der Waals surface area contributed by atoms with Crippen molar-refractivity contribution >= 4 is 23.4 Å². The number of nitrogens with one attached hydrogen (secondary N) is 1. The van der Waals surface area contributed by atoms with E-state index < -0.39 is 0 Å². The van der Waals surface area contributed by atoms with E-state index in [0.29, 0.717) is 5.56 Å². The molecule has 3 rings (SSSR count). The van der Waals surface area contributed by atoms with Crippen LogP contribution in [0.2, 0.25) is 0 Å². The molecule has 1 N–H and O–H groups in total. The number of aromatic nitrogens is 1. The van der Waals surface area contributed by atoms with Crippen LogP contribution in [-0.2, 0) is 5.75 Å². The zero-order chi connectivity index (χ0) is 16.8. The predicted molar refractivity (Wildman–Crippen MR) is 99.4 cm³/mol. The number of nitrogens with zero attached hydrogens (tertiary/aromatic N) is 1. The summed E-state index contributed by atoms with van der Waals surface area (Å²) in [5.74, 6) is 0.737. The molecule has 1 aromatic heterocycles. The van der Waals surface area contributed by atoms with Gasteiger partial charge in [-0.15, -0.1) is 11.8 Å². The van der Waals surface area contributed by atoms with Crippen LogP contribution < -0.4 is 5.32 Å². The summed E-state index contributed by atoms with van der Waals surface area (Å²) >= 11 is 1.68. The molecule has 0 aliphatic carbocycles. The molecule has 0 fully saturated rings. The van der Waals surface area contributed by atoms with Crippen LogP contribution in [0.4, 0.5) is 5.69 Å². The summed E-state index contributed by atoms with van der Waals surface area (Å²) in [5.41, 5.74) is 3.75. The summed E-state index contributed by atoms with van der Waals surface area (Å²) in [4.78, 5) is 16.6. The van der Waals surface area contributed by atoms with E-state index in [4.69, 9.17) is 0 Å². The number of hydrogen-bond acceptors (Lipinski definition) is 3. The molecule has 1 heterocycles. The molecule has 0 atom stereocenters. The Balaban J connectivity index is 1.60. The second-order valence-corrected chi connectivity index (χ2v) is 6.47. The molecule has 0 bridgehead atoms. The molecular weight excluding hydrogens is 316 g/mol. The Kier molecular flexibility index (Phi) is 5.29. The van der Waals surface area contributed by atoms with Gasteiger partial charge >= 0.3 is 0 Å². The zero-order valence-electron chi connectivity index (χ0n) is 13.4. The molecule has 2 aromatic carbocycles. The average Bonchev–Trinajstić information content (AvgIpc) is 2.61. The number of thioether (sulfide) groups is 1. The summed E-state index contributed by atoms with van der Waals surface area (Å²) in [7, 11) is 0. The molecule has 4 heteroatoms. The lowest BCUT2D eigenvalue weighted by atomic mass is 10.1. The fraction of sp³-hybridized carbons (Fsp3) is 0.100. The van der Waals surface area contributed by atoms with Crippen LogP contribution in [0.15, 0.2) is 78.0 Å². The number of pyridine rings is 1. The van der Waals surface area contributed by atoms with Crippen molar-refractivity contribution in [2.24, 2.45) is 0 Å². The van der Waals surface area contributed by atoms with Gasteiger partial charge in [-0.05, 0) is 54.4 Å². The normalized spacial score (nSPS) is 10.4. The fourth-order valence-corrected chi connectivity index (χ4v) is 3.09. The topological polar surface area (TPSA) is 42.0 Å². The highest BCUT2D eigenvalue weighted by molar-refractivity contribution is 7.98. The van der Waals surface area contributed by atoms with Crippen LogP contribution >= 0.6 is 11.8 Å². The third kappa shape index (κ3) is 4.46. The molecule has 0 aliphatic rings. The van der Waals surface area contributed by atoms with E-state index >= 15 is 0 Å². The highest BCUT2D eigenvalue weighted by Crippen LogP contribution is 2.20. The van der Waals surface area contributed by atoms with E-state index in [1.54, 1.807) is 18.0 Å². The summed E-state index contributed by atoms with van der Waals surface area (Å²) < 4.78 is 0. The minimum absolute atomic E-state index is 0.0930. The first kappa shape index (κ1) is 16.3. The van der Waals surface area contributed by atoms with Gasteiger partial charge in [0.05, 0.1) is 5.03 Å². The maximum atomic E-state index is 12.3. The van der Waals surface area contributed by atoms with Gasteiger partial charge < -0.3 is 5.32 Å². The van der Waals surface area contributed by atoms with Crippen molar-refractivity contribution in [1.82, 2.24) is 4.98 Å². The summed E-state index contributed by atoms with van der Waals surface area (Å²) in [6, 6.07) is 21.4. The summed E-state index contributed by atoms with van der Waals surface area (Å²) in [6.07, 6.45) is 1.79. The second-order valence-electron chi connectivity index (χ2n) is 5.48. The molecule has 24 heavy (non-hydrogen) atoms. The number of benzene rings is 2. The van der Waals surface area contributed by atoms with Crippen molar-refractivity contribution in [3.05, 3.63) is 89.6 Å². The van der Waals surface area contributed by atoms with Crippen LogP contribution in [0.3, 0.4) is 0 Å². The molecule has 3 nitrogen and oxygen atoms in total. The molecule has 0 aliphatic heterocycles. The highest BCUT2D eigenvalue weighted by Gasteiger charge is 2.06. The van der Waals surface area contributed by atoms with Crippen LogP contribution in [0.5, 0.6) is 0 Å². The standard InChI is InChI=1S/C20H18N2OS/c1-15-5-4-6-18(13-15)22-20(23)17-10-8-16(9-11-17)14-24-19-7-2-3-12-21-19/h2-13H,14H2,1H3,(H,22,23). The van der Waals surface area contributed by atoms with Gasteiger partial charge in [-0.25, -0.2) is 4.98 Å². The molecule has 120 valence electrons. The van der Waals surface area contributed by atoms with Crippen molar-refractivity contribution < 1.29 is 4.79 Å². The SMILES string of the molecule is Cc1cccc(NC(=O)c2ccc(CSc3ccccn3)cc2)c1. The van der Waals surface area contributed by atoms with Gasteiger partial charge in [0.1, 0.15) is 0 Å². The highest BCUT2D eigenvalue weighted by atomic mass is 32.2. The van der Waals surface area contributed by atoms with E-state index in [-0.39, 0.29) is 5.91 Å². The smallest absolute Gasteiger partial charge is 0.255 e. The Morgan fingerprint density at radius 2 is 1.88 bits per heavy atom. The Labute approximate surface area is 146 Å². The lowest BCUT2D eigenvalue weighted by Gasteiger charge is -2.07. The first-order valence-electron chi connectivity index (χ1n) is 7.71. The van der Waals surface area contributed by atoms with E-state index in [0.717, 1.165) is 27.6 Å². The number of amides is 1. The van der Waals surface area contributed by atoms with Gasteiger partial charge in [-0.3, -0.25) is 4.79 Å². The van der Waals surface area contributed by atoms with Crippen LogP contribution in [0.25, 0.3) is 0 Å². The average molecular weight is 334 g/mol. The number of hydrogen-bond donors (Lipinski definition) is 1. The van der Waals surface area contributed by atoms with Crippen molar-refractivity contribution in [3.8, 4) is 0 Å². The van der Waals surface area contributed by atoms with Gasteiger partial charge in [0, 0.05) is 23.2 Å². The van der Waals surface area contributed by atoms with Gasteiger partial charge in [-0.2, -0.15) is 0 Å². The molecule has 0 saturated heterocycles. The van der Waals surface area contributed by atoms with Gasteiger partial charge in [0.2, 0.25) is 0 Å². The largest absolute Gasteiger partial charge is 0.322 e. The lowest BCUT2D eigenvalue weighted by molar-refractivity contribution is 0.102. The first-order valence-corrected chi connectivity index (χ1v) is 8.70. The van der Waals surface area contributed by atoms with Crippen molar-refractivity contribution in [3.63, 3.8) is 0 Å². The van der Waals surface area contributed by atoms with Gasteiger partial charge in [-0.1, -0.05) is 30.3 Å². The Morgan fingerprint density at radius 1 is 1.04 bits per heavy atom. The van der Waals surface area contributed by atoms with Crippen molar-refractivity contribution in [2.75, 3.05) is 5.32 Å². The Hall–Kier alpha value is -2.59. The summed E-state index contributed by atoms with van der Waals surface area (Å²) in [6.45, 7) is 2.00. The zero-order valence-corrected chi connectivity index (χ0v) is 14.2. The second kappa shape index (κ2) is 7.79. The maximum Gasteiger partial charge on any atom is 0.255 e. The molecule has 0 spiro atoms. The third-order valence-electron chi connectivity index (χ3n) is 3.52. The minimum atomic E-state index is -0.0930. The molecule has 0 radical (unpaired) electrons. The fourth-order valence-electron chi connectivity index (χ4n) is 2.27. The van der Waals surface area contributed by atoms with E-state index in [9.17, 15) is 4.79 Å². The quantitative estimate of drug-likeness (QED) is 0.672. The number of carbonyl (C=O) groups excluding carboxylic acids is 1. The van der Waals surface area contributed by atoms with Crippen LogP contribution in [0, 0.1) is 6.92 Å². The minimum Gasteiger partial charge on any atom is -0.322 e. The molecule has 0 unspecified atom stereocenters. The van der Waals surface area contributed by atoms with Crippen molar-refractivity contribution in [2.45, 2.75) is 17.7 Å². The predicted octanol–water partition coefficient (Wildman–Crippen LogP) is 4.93. The van der Waals surface area contributed by atoms with Gasteiger partial charge in [0.15, 0.2) is 0 Å². The van der Waals surface area contributed by atoms with Crippen LogP contribution in [-0.4, -0.2) is 10.9 Å². The maximum absolute atomic E-state index is 12.3. The first-order chi connectivity index (χ1) is 11.7. The number of anilines is 1. The van der Waals surface area contributed by atoms with E-state index in [1.165, 1.54) is 0 Å². The number of aryl methyl sites for hydroxylation is 1. The van der Waals surface area contributed by atoms with E-state index in [1.807, 2.05) is 73.7 Å². The Morgan fingerprint density at radius 3 is 2.58 bits per heavy atom. The summed E-state index contributed by atoms with van der Waals surface area (Å²) in [5, 5.41) is 3.92. The monoisotopic (exact) mass is 334 g/mol. The Bertz CT molecular complexity index is 817. The number of carbonyl (C=O) groups is 1. The lowest BCUT2D eigenvalue weighted by Crippen LogP contribution is -2.11. The molecular formula is C20H18N2OS. The molecule has 0 saturated carbocycles. The number of rotatable bonds is 5. The third-order valence-corrected chi connectivity index (χ3v) is 4.53. The molecule has 3 aromatic rings.